The minimum Gasteiger partial charge on any atom is -0.390 e. The summed E-state index contributed by atoms with van der Waals surface area (Å²) in [6.07, 6.45) is 3.83. The van der Waals surface area contributed by atoms with Crippen LogP contribution in [0.25, 0.3) is 0 Å². The minimum atomic E-state index is -0.407. The van der Waals surface area contributed by atoms with Gasteiger partial charge in [-0.1, -0.05) is 5.16 Å². The number of nitrogens with one attached hydrogen (secondary N) is 1. The second-order valence-corrected chi connectivity index (χ2v) is 6.66. The van der Waals surface area contributed by atoms with Crippen molar-refractivity contribution in [3.63, 3.8) is 0 Å². The van der Waals surface area contributed by atoms with Gasteiger partial charge in [0.25, 0.3) is 0 Å². The summed E-state index contributed by atoms with van der Waals surface area (Å²) in [6, 6.07) is 2.37. The predicted molar refractivity (Wildman–Crippen MR) is 86.7 cm³/mol. The Morgan fingerprint density at radius 2 is 2.12 bits per heavy atom. The van der Waals surface area contributed by atoms with E-state index in [0.717, 1.165) is 50.4 Å². The minimum absolute atomic E-state index is 0.0652. The molecule has 0 aliphatic carbocycles. The Labute approximate surface area is 142 Å². The number of rotatable bonds is 7. The van der Waals surface area contributed by atoms with Crippen LogP contribution in [-0.2, 0) is 27.2 Å². The van der Waals surface area contributed by atoms with Gasteiger partial charge in [-0.2, -0.15) is 0 Å². The van der Waals surface area contributed by atoms with E-state index < -0.39 is 6.10 Å². The maximum atomic E-state index is 10.2. The molecule has 3 atom stereocenters. The van der Waals surface area contributed by atoms with Crippen molar-refractivity contribution in [1.29, 1.82) is 0 Å². The first-order valence-corrected chi connectivity index (χ1v) is 8.82. The van der Waals surface area contributed by atoms with Crippen molar-refractivity contribution in [3.05, 3.63) is 17.5 Å². The Balaban J connectivity index is 1.46. The van der Waals surface area contributed by atoms with E-state index in [1.165, 1.54) is 0 Å². The zero-order valence-corrected chi connectivity index (χ0v) is 14.3. The summed E-state index contributed by atoms with van der Waals surface area (Å²) >= 11 is 0. The lowest BCUT2D eigenvalue weighted by molar-refractivity contribution is -0.116. The molecule has 7 nitrogen and oxygen atoms in total. The molecule has 0 aromatic carbocycles. The molecule has 136 valence electrons. The van der Waals surface area contributed by atoms with Crippen molar-refractivity contribution >= 4 is 0 Å². The summed E-state index contributed by atoms with van der Waals surface area (Å²) in [7, 11) is 1.63. The fourth-order valence-corrected chi connectivity index (χ4v) is 3.36. The van der Waals surface area contributed by atoms with Crippen molar-refractivity contribution in [1.82, 2.24) is 10.5 Å². The summed E-state index contributed by atoms with van der Waals surface area (Å²) in [5.41, 5.74) is 0.875. The molecular weight excluding hydrogens is 312 g/mol. The molecular formula is C17H28N2O5. The monoisotopic (exact) mass is 340 g/mol. The maximum absolute atomic E-state index is 10.2. The molecule has 1 aromatic heterocycles. The summed E-state index contributed by atoms with van der Waals surface area (Å²) < 4.78 is 21.7. The van der Waals surface area contributed by atoms with Gasteiger partial charge < -0.3 is 29.2 Å². The van der Waals surface area contributed by atoms with Gasteiger partial charge in [0.15, 0.2) is 5.76 Å². The second-order valence-electron chi connectivity index (χ2n) is 6.66. The fourth-order valence-electron chi connectivity index (χ4n) is 3.36. The van der Waals surface area contributed by atoms with E-state index in [0.29, 0.717) is 25.6 Å². The Morgan fingerprint density at radius 1 is 1.29 bits per heavy atom. The van der Waals surface area contributed by atoms with Gasteiger partial charge in [-0.15, -0.1) is 0 Å². The van der Waals surface area contributed by atoms with Crippen LogP contribution in [-0.4, -0.2) is 61.5 Å². The SMILES string of the molecule is COCc1cc(C[C@@H]2CC[C@H](O)[C@@H](CNC3CCOCC3)O2)no1. The molecule has 0 unspecified atom stereocenters. The van der Waals surface area contributed by atoms with Crippen LogP contribution in [0, 0.1) is 0 Å². The van der Waals surface area contributed by atoms with E-state index in [1.54, 1.807) is 7.11 Å². The van der Waals surface area contributed by atoms with Gasteiger partial charge in [-0.3, -0.25) is 0 Å². The first-order valence-electron chi connectivity index (χ1n) is 8.82. The van der Waals surface area contributed by atoms with Gasteiger partial charge >= 0.3 is 0 Å². The lowest BCUT2D eigenvalue weighted by Crippen LogP contribution is -2.48. The molecule has 2 aliphatic heterocycles. The second kappa shape index (κ2) is 8.92. The van der Waals surface area contributed by atoms with Crippen molar-refractivity contribution in [2.24, 2.45) is 0 Å². The number of ether oxygens (including phenoxy) is 3. The van der Waals surface area contributed by atoms with E-state index in [2.05, 4.69) is 10.5 Å². The van der Waals surface area contributed by atoms with Crippen molar-refractivity contribution in [2.45, 2.75) is 63.1 Å². The van der Waals surface area contributed by atoms with E-state index in [4.69, 9.17) is 18.7 Å². The molecule has 3 rings (SSSR count). The normalized spacial score (nSPS) is 29.0. The topological polar surface area (TPSA) is 86.0 Å². The van der Waals surface area contributed by atoms with Gasteiger partial charge in [-0.25, -0.2) is 0 Å². The first-order chi connectivity index (χ1) is 11.7. The first kappa shape index (κ1) is 17.8. The summed E-state index contributed by atoms with van der Waals surface area (Å²) in [6.45, 7) is 2.72. The molecule has 3 heterocycles. The third-order valence-corrected chi connectivity index (χ3v) is 4.74. The molecule has 0 bridgehead atoms. The number of hydrogen-bond acceptors (Lipinski definition) is 7. The number of nitrogens with zero attached hydrogens (tertiary/aromatic N) is 1. The molecule has 2 saturated heterocycles. The van der Waals surface area contributed by atoms with Crippen molar-refractivity contribution in [3.8, 4) is 0 Å². The zero-order chi connectivity index (χ0) is 16.8. The molecule has 2 fully saturated rings. The van der Waals surface area contributed by atoms with E-state index >= 15 is 0 Å². The Hall–Kier alpha value is -0.990. The van der Waals surface area contributed by atoms with Crippen LogP contribution in [0.1, 0.15) is 37.1 Å². The average Bonchev–Trinajstić information content (AvgIpc) is 3.04. The maximum Gasteiger partial charge on any atom is 0.162 e. The Bertz CT molecular complexity index is 489. The highest BCUT2D eigenvalue weighted by Crippen LogP contribution is 2.23. The molecule has 7 heteroatoms. The predicted octanol–water partition coefficient (Wildman–Crippen LogP) is 1.04. The molecule has 0 amide bonds. The Kier molecular flexibility index (Phi) is 6.62. The highest BCUT2D eigenvalue weighted by molar-refractivity contribution is 5.06. The number of methoxy groups -OCH3 is 1. The van der Waals surface area contributed by atoms with Crippen LogP contribution in [0.2, 0.25) is 0 Å². The van der Waals surface area contributed by atoms with Crippen LogP contribution in [0.5, 0.6) is 0 Å². The molecule has 0 radical (unpaired) electrons. The smallest absolute Gasteiger partial charge is 0.162 e. The van der Waals surface area contributed by atoms with E-state index in [1.807, 2.05) is 6.07 Å². The number of aliphatic hydroxyl groups excluding tert-OH is 1. The molecule has 1 aromatic rings. The van der Waals surface area contributed by atoms with Crippen LogP contribution in [0.3, 0.4) is 0 Å². The summed E-state index contributed by atoms with van der Waals surface area (Å²) in [4.78, 5) is 0. The lowest BCUT2D eigenvalue weighted by Gasteiger charge is -2.35. The fraction of sp³-hybridized carbons (Fsp3) is 0.824. The van der Waals surface area contributed by atoms with Gasteiger partial charge in [0.1, 0.15) is 6.61 Å². The van der Waals surface area contributed by atoms with Gasteiger partial charge in [0, 0.05) is 45.4 Å². The highest BCUT2D eigenvalue weighted by atomic mass is 16.5. The van der Waals surface area contributed by atoms with Crippen LogP contribution >= 0.6 is 0 Å². The highest BCUT2D eigenvalue weighted by Gasteiger charge is 2.31. The quantitative estimate of drug-likeness (QED) is 0.767. The van der Waals surface area contributed by atoms with Crippen LogP contribution in [0.4, 0.5) is 0 Å². The van der Waals surface area contributed by atoms with Crippen LogP contribution < -0.4 is 5.32 Å². The van der Waals surface area contributed by atoms with Crippen LogP contribution in [0.15, 0.2) is 10.6 Å². The molecule has 0 spiro atoms. The Morgan fingerprint density at radius 3 is 2.92 bits per heavy atom. The third-order valence-electron chi connectivity index (χ3n) is 4.74. The largest absolute Gasteiger partial charge is 0.390 e. The zero-order valence-electron chi connectivity index (χ0n) is 14.3. The van der Waals surface area contributed by atoms with E-state index in [9.17, 15) is 5.11 Å². The van der Waals surface area contributed by atoms with Crippen molar-refractivity contribution in [2.75, 3.05) is 26.9 Å². The van der Waals surface area contributed by atoms with Gasteiger partial charge in [0.2, 0.25) is 0 Å². The molecule has 0 saturated carbocycles. The molecule has 24 heavy (non-hydrogen) atoms. The standard InChI is InChI=1S/C17H28N2O5/c1-21-11-15-9-13(19-24-15)8-14-2-3-16(20)17(23-14)10-18-12-4-6-22-7-5-12/h9,12,14,16-18,20H,2-8,10-11H2,1H3/t14-,16-,17+/m0/s1. The summed E-state index contributed by atoms with van der Waals surface area (Å²) in [5, 5.41) is 17.8. The number of aliphatic hydroxyl groups is 1. The van der Waals surface area contributed by atoms with Gasteiger partial charge in [0.05, 0.1) is 24.0 Å². The number of aromatic nitrogens is 1. The molecule has 2 N–H and O–H groups in total. The summed E-state index contributed by atoms with van der Waals surface area (Å²) in [5.74, 6) is 0.723. The average molecular weight is 340 g/mol. The van der Waals surface area contributed by atoms with E-state index in [-0.39, 0.29) is 12.2 Å². The number of hydrogen-bond donors (Lipinski definition) is 2. The molecule has 2 aliphatic rings. The lowest BCUT2D eigenvalue weighted by atomic mass is 9.97. The van der Waals surface area contributed by atoms with Crippen molar-refractivity contribution < 1.29 is 23.8 Å². The third kappa shape index (κ3) is 5.00. The van der Waals surface area contributed by atoms with Gasteiger partial charge in [-0.05, 0) is 25.7 Å².